The number of aryl methyl sites for hydroxylation is 1. The van der Waals surface area contributed by atoms with Gasteiger partial charge in [0.2, 0.25) is 0 Å². The molecule has 0 aliphatic carbocycles. The van der Waals surface area contributed by atoms with E-state index in [-0.39, 0.29) is 6.04 Å². The average molecular weight is 274 g/mol. The van der Waals surface area contributed by atoms with Crippen molar-refractivity contribution in [1.29, 1.82) is 0 Å². The molecule has 0 radical (unpaired) electrons. The summed E-state index contributed by atoms with van der Waals surface area (Å²) in [7, 11) is 0. The van der Waals surface area contributed by atoms with Gasteiger partial charge in [-0.05, 0) is 44.9 Å². The minimum Gasteiger partial charge on any atom is -0.399 e. The van der Waals surface area contributed by atoms with Crippen LogP contribution in [0, 0.1) is 0 Å². The fourth-order valence-electron chi connectivity index (χ4n) is 1.98. The number of anilines is 1. The van der Waals surface area contributed by atoms with E-state index in [0.717, 1.165) is 5.56 Å². The molecule has 2 N–H and O–H groups in total. The normalized spacial score (nSPS) is 12.4. The molecule has 0 atom stereocenters. The van der Waals surface area contributed by atoms with Crippen LogP contribution < -0.4 is 5.73 Å². The fraction of sp³-hybridized carbons (Fsp3) is 0.571. The van der Waals surface area contributed by atoms with E-state index in [4.69, 9.17) is 5.73 Å². The van der Waals surface area contributed by atoms with Crippen molar-refractivity contribution in [3.05, 3.63) is 29.8 Å². The molecule has 0 amide bonds. The summed E-state index contributed by atoms with van der Waals surface area (Å²) in [6, 6.07) is 7.35. The molecule has 2 nitrogen and oxygen atoms in total. The molecule has 0 heterocycles. The van der Waals surface area contributed by atoms with Crippen LogP contribution in [-0.4, -0.2) is 30.2 Å². The molecule has 1 rings (SSSR count). The standard InChI is InChI=1S/C14H21F3N2/c1-11(2)19(10-14(15,16)17)9-5-7-12-6-3-4-8-13(12)18/h3-4,6,8,11H,5,7,9-10,18H2,1-2H3. The number of hydrogen-bond acceptors (Lipinski definition) is 2. The minimum absolute atomic E-state index is 0.116. The molecule has 0 unspecified atom stereocenters. The molecule has 1 aromatic carbocycles. The first-order valence-electron chi connectivity index (χ1n) is 6.44. The molecular formula is C14H21F3N2. The third-order valence-corrected chi connectivity index (χ3v) is 3.06. The van der Waals surface area contributed by atoms with Crippen LogP contribution in [0.15, 0.2) is 24.3 Å². The molecular weight excluding hydrogens is 253 g/mol. The molecule has 0 aromatic heterocycles. The van der Waals surface area contributed by atoms with E-state index in [1.807, 2.05) is 24.3 Å². The average Bonchev–Trinajstić information content (AvgIpc) is 2.28. The van der Waals surface area contributed by atoms with E-state index < -0.39 is 12.7 Å². The van der Waals surface area contributed by atoms with Crippen LogP contribution in [0.4, 0.5) is 18.9 Å². The summed E-state index contributed by atoms with van der Waals surface area (Å²) in [6.45, 7) is 3.13. The Balaban J connectivity index is 2.47. The van der Waals surface area contributed by atoms with E-state index in [1.54, 1.807) is 13.8 Å². The van der Waals surface area contributed by atoms with Crippen LogP contribution in [0.5, 0.6) is 0 Å². The summed E-state index contributed by atoms with van der Waals surface area (Å²) in [6.07, 6.45) is -2.77. The fourth-order valence-corrected chi connectivity index (χ4v) is 1.98. The maximum absolute atomic E-state index is 12.4. The SMILES string of the molecule is CC(C)N(CCCc1ccccc1N)CC(F)(F)F. The quantitative estimate of drug-likeness (QED) is 0.805. The van der Waals surface area contributed by atoms with Gasteiger partial charge in [0.05, 0.1) is 6.54 Å². The number of rotatable bonds is 6. The third kappa shape index (κ3) is 5.96. The smallest absolute Gasteiger partial charge is 0.399 e. The second-order valence-corrected chi connectivity index (χ2v) is 4.98. The Bertz CT molecular complexity index is 389. The summed E-state index contributed by atoms with van der Waals surface area (Å²) >= 11 is 0. The summed E-state index contributed by atoms with van der Waals surface area (Å²) < 4.78 is 37.3. The van der Waals surface area contributed by atoms with Gasteiger partial charge in [0, 0.05) is 11.7 Å². The van der Waals surface area contributed by atoms with Crippen molar-refractivity contribution in [3.63, 3.8) is 0 Å². The zero-order valence-electron chi connectivity index (χ0n) is 11.4. The van der Waals surface area contributed by atoms with Gasteiger partial charge in [0.15, 0.2) is 0 Å². The molecule has 19 heavy (non-hydrogen) atoms. The van der Waals surface area contributed by atoms with Crippen LogP contribution in [0.3, 0.4) is 0 Å². The molecule has 0 saturated carbocycles. The Morgan fingerprint density at radius 2 is 1.84 bits per heavy atom. The lowest BCUT2D eigenvalue weighted by Crippen LogP contribution is -2.39. The maximum Gasteiger partial charge on any atom is 0.401 e. The Labute approximate surface area is 112 Å². The van der Waals surface area contributed by atoms with Gasteiger partial charge in [-0.2, -0.15) is 13.2 Å². The van der Waals surface area contributed by atoms with Crippen molar-refractivity contribution in [2.24, 2.45) is 0 Å². The van der Waals surface area contributed by atoms with E-state index >= 15 is 0 Å². The Morgan fingerprint density at radius 3 is 2.37 bits per heavy atom. The number of para-hydroxylation sites is 1. The summed E-state index contributed by atoms with van der Waals surface area (Å²) in [5, 5.41) is 0. The van der Waals surface area contributed by atoms with Gasteiger partial charge in [0.25, 0.3) is 0 Å². The predicted molar refractivity (Wildman–Crippen MR) is 71.9 cm³/mol. The minimum atomic E-state index is -4.14. The maximum atomic E-state index is 12.4. The first kappa shape index (κ1) is 15.8. The summed E-state index contributed by atoms with van der Waals surface area (Å²) in [4.78, 5) is 1.44. The van der Waals surface area contributed by atoms with Gasteiger partial charge in [-0.15, -0.1) is 0 Å². The number of halogens is 3. The zero-order valence-corrected chi connectivity index (χ0v) is 11.4. The molecule has 108 valence electrons. The summed E-state index contributed by atoms with van der Waals surface area (Å²) in [5.41, 5.74) is 7.51. The molecule has 0 spiro atoms. The number of nitrogen functional groups attached to an aromatic ring is 1. The van der Waals surface area contributed by atoms with E-state index in [9.17, 15) is 13.2 Å². The van der Waals surface area contributed by atoms with Crippen molar-refractivity contribution in [2.45, 2.75) is 38.9 Å². The Kier molecular flexibility index (Phi) is 5.66. The monoisotopic (exact) mass is 274 g/mol. The van der Waals surface area contributed by atoms with Gasteiger partial charge >= 0.3 is 6.18 Å². The van der Waals surface area contributed by atoms with Gasteiger partial charge in [-0.3, -0.25) is 4.90 Å². The van der Waals surface area contributed by atoms with Crippen LogP contribution in [-0.2, 0) is 6.42 Å². The van der Waals surface area contributed by atoms with E-state index in [1.165, 1.54) is 4.90 Å². The molecule has 0 saturated heterocycles. The second-order valence-electron chi connectivity index (χ2n) is 4.98. The van der Waals surface area contributed by atoms with Gasteiger partial charge < -0.3 is 5.73 Å². The first-order chi connectivity index (χ1) is 8.79. The van der Waals surface area contributed by atoms with E-state index in [2.05, 4.69) is 0 Å². The van der Waals surface area contributed by atoms with Crippen LogP contribution in [0.2, 0.25) is 0 Å². The molecule has 0 bridgehead atoms. The molecule has 0 aliphatic rings. The lowest BCUT2D eigenvalue weighted by molar-refractivity contribution is -0.149. The highest BCUT2D eigenvalue weighted by atomic mass is 19.4. The Morgan fingerprint density at radius 1 is 1.21 bits per heavy atom. The highest BCUT2D eigenvalue weighted by molar-refractivity contribution is 5.46. The molecule has 5 heteroatoms. The zero-order chi connectivity index (χ0) is 14.5. The summed E-state index contributed by atoms with van der Waals surface area (Å²) in [5.74, 6) is 0. The first-order valence-corrected chi connectivity index (χ1v) is 6.44. The van der Waals surface area contributed by atoms with E-state index in [0.29, 0.717) is 25.1 Å². The molecule has 1 aromatic rings. The highest BCUT2D eigenvalue weighted by Crippen LogP contribution is 2.19. The highest BCUT2D eigenvalue weighted by Gasteiger charge is 2.31. The van der Waals surface area contributed by atoms with Gasteiger partial charge in [-0.1, -0.05) is 18.2 Å². The van der Waals surface area contributed by atoms with Gasteiger partial charge in [0.1, 0.15) is 0 Å². The number of nitrogens with two attached hydrogens (primary N) is 1. The topological polar surface area (TPSA) is 29.3 Å². The van der Waals surface area contributed by atoms with Crippen molar-refractivity contribution in [3.8, 4) is 0 Å². The molecule has 0 fully saturated rings. The lowest BCUT2D eigenvalue weighted by Gasteiger charge is -2.27. The number of benzene rings is 1. The second kappa shape index (κ2) is 6.80. The number of alkyl halides is 3. The van der Waals surface area contributed by atoms with Gasteiger partial charge in [-0.25, -0.2) is 0 Å². The lowest BCUT2D eigenvalue weighted by atomic mass is 10.1. The Hall–Kier alpha value is -1.23. The van der Waals surface area contributed by atoms with Crippen molar-refractivity contribution < 1.29 is 13.2 Å². The molecule has 0 aliphatic heterocycles. The number of nitrogens with zero attached hydrogens (tertiary/aromatic N) is 1. The largest absolute Gasteiger partial charge is 0.401 e. The van der Waals surface area contributed by atoms with Crippen molar-refractivity contribution in [1.82, 2.24) is 4.90 Å². The van der Waals surface area contributed by atoms with Crippen LogP contribution in [0.1, 0.15) is 25.8 Å². The van der Waals surface area contributed by atoms with Crippen molar-refractivity contribution in [2.75, 3.05) is 18.8 Å². The van der Waals surface area contributed by atoms with Crippen LogP contribution >= 0.6 is 0 Å². The third-order valence-electron chi connectivity index (χ3n) is 3.06. The van der Waals surface area contributed by atoms with Crippen LogP contribution in [0.25, 0.3) is 0 Å². The predicted octanol–water partition coefficient (Wildman–Crippen LogP) is 3.47. The number of hydrogen-bond donors (Lipinski definition) is 1. The van der Waals surface area contributed by atoms with Crippen molar-refractivity contribution >= 4 is 5.69 Å².